The van der Waals surface area contributed by atoms with Crippen LogP contribution in [0.25, 0.3) is 0 Å². The van der Waals surface area contributed by atoms with Crippen LogP contribution in [0.5, 0.6) is 0 Å². The number of allylic oxidation sites excluding steroid dienone is 2. The Morgan fingerprint density at radius 1 is 1.19 bits per heavy atom. The van der Waals surface area contributed by atoms with Crippen LogP contribution >= 0.6 is 0 Å². The number of amides is 2. The number of aryl methyl sites for hydroxylation is 1. The summed E-state index contributed by atoms with van der Waals surface area (Å²) in [5.41, 5.74) is 1.84. The lowest BCUT2D eigenvalue weighted by atomic mass is 9.84. The molecule has 3 heterocycles. The molecule has 138 valence electrons. The summed E-state index contributed by atoms with van der Waals surface area (Å²) < 4.78 is 0. The molecule has 5 heteroatoms. The molecule has 0 bridgehead atoms. The summed E-state index contributed by atoms with van der Waals surface area (Å²) in [6, 6.07) is 5.98. The fourth-order valence-corrected chi connectivity index (χ4v) is 4.72. The molecule has 2 aliphatic heterocycles. The highest BCUT2D eigenvalue weighted by Gasteiger charge is 2.47. The van der Waals surface area contributed by atoms with Crippen LogP contribution in [0.3, 0.4) is 0 Å². The molecule has 4 rings (SSSR count). The number of hydrogen-bond donors (Lipinski definition) is 0. The molecule has 2 saturated heterocycles. The topological polar surface area (TPSA) is 53.5 Å². The van der Waals surface area contributed by atoms with Gasteiger partial charge in [-0.1, -0.05) is 18.2 Å². The van der Waals surface area contributed by atoms with Crippen molar-refractivity contribution in [3.05, 3.63) is 41.7 Å². The van der Waals surface area contributed by atoms with Crippen molar-refractivity contribution in [3.8, 4) is 0 Å². The van der Waals surface area contributed by atoms with E-state index in [1.165, 1.54) is 0 Å². The molecule has 1 aromatic rings. The predicted molar refractivity (Wildman–Crippen MR) is 99.2 cm³/mol. The molecule has 3 aliphatic rings. The van der Waals surface area contributed by atoms with Crippen LogP contribution in [-0.2, 0) is 16.1 Å². The lowest BCUT2D eigenvalue weighted by molar-refractivity contribution is -0.139. The zero-order valence-electron chi connectivity index (χ0n) is 15.5. The first-order valence-corrected chi connectivity index (χ1v) is 9.74. The number of piperidine rings is 1. The van der Waals surface area contributed by atoms with Gasteiger partial charge in [-0.15, -0.1) is 0 Å². The van der Waals surface area contributed by atoms with Gasteiger partial charge in [0, 0.05) is 36.7 Å². The van der Waals surface area contributed by atoms with Crippen molar-refractivity contribution in [1.29, 1.82) is 0 Å². The molecule has 1 aliphatic carbocycles. The van der Waals surface area contributed by atoms with Gasteiger partial charge in [-0.05, 0) is 51.2 Å². The van der Waals surface area contributed by atoms with Crippen LogP contribution in [0.1, 0.15) is 49.9 Å². The van der Waals surface area contributed by atoms with E-state index in [1.54, 1.807) is 0 Å². The van der Waals surface area contributed by atoms with E-state index >= 15 is 0 Å². The summed E-state index contributed by atoms with van der Waals surface area (Å²) >= 11 is 0. The van der Waals surface area contributed by atoms with Crippen molar-refractivity contribution < 1.29 is 9.59 Å². The van der Waals surface area contributed by atoms with Crippen molar-refractivity contribution in [1.82, 2.24) is 14.8 Å². The van der Waals surface area contributed by atoms with Crippen LogP contribution in [0.15, 0.2) is 30.4 Å². The number of aromatic nitrogens is 1. The van der Waals surface area contributed by atoms with E-state index < -0.39 is 0 Å². The first kappa shape index (κ1) is 17.3. The van der Waals surface area contributed by atoms with Crippen LogP contribution in [0.2, 0.25) is 0 Å². The van der Waals surface area contributed by atoms with Crippen molar-refractivity contribution in [3.63, 3.8) is 0 Å². The number of pyridine rings is 1. The zero-order valence-corrected chi connectivity index (χ0v) is 15.5. The molecule has 2 amide bonds. The Kier molecular flexibility index (Phi) is 4.55. The van der Waals surface area contributed by atoms with E-state index in [4.69, 9.17) is 0 Å². The zero-order chi connectivity index (χ0) is 18.1. The standard InChI is InChI=1S/C21H27N3O2/c1-16-5-4-8-18(22-16)15-24-19(25)9-10-21(24)11-13-23(14-12-21)20(26)17-6-2-3-7-17/h2-5,8,17H,6-7,9-15H2,1H3. The van der Waals surface area contributed by atoms with E-state index in [0.29, 0.717) is 18.9 Å². The van der Waals surface area contributed by atoms with Gasteiger partial charge in [0.15, 0.2) is 0 Å². The Bertz CT molecular complexity index is 727. The average Bonchev–Trinajstić information content (AvgIpc) is 3.27. The van der Waals surface area contributed by atoms with Gasteiger partial charge in [-0.25, -0.2) is 0 Å². The highest BCUT2D eigenvalue weighted by molar-refractivity contribution is 5.81. The summed E-state index contributed by atoms with van der Waals surface area (Å²) in [6.45, 7) is 4.09. The summed E-state index contributed by atoms with van der Waals surface area (Å²) in [4.78, 5) is 33.9. The molecule has 0 radical (unpaired) electrons. The van der Waals surface area contributed by atoms with Gasteiger partial charge < -0.3 is 9.80 Å². The largest absolute Gasteiger partial charge is 0.342 e. The molecule has 5 nitrogen and oxygen atoms in total. The van der Waals surface area contributed by atoms with Crippen molar-refractivity contribution in [2.24, 2.45) is 5.92 Å². The van der Waals surface area contributed by atoms with Crippen molar-refractivity contribution in [2.45, 2.75) is 57.5 Å². The fraction of sp³-hybridized carbons (Fsp3) is 0.571. The highest BCUT2D eigenvalue weighted by atomic mass is 16.2. The predicted octanol–water partition coefficient (Wildman–Crippen LogP) is 2.84. The summed E-state index contributed by atoms with van der Waals surface area (Å²) in [6.07, 6.45) is 9.28. The van der Waals surface area contributed by atoms with E-state index in [1.807, 2.05) is 34.9 Å². The Morgan fingerprint density at radius 3 is 2.62 bits per heavy atom. The Labute approximate surface area is 155 Å². The second kappa shape index (κ2) is 6.86. The van der Waals surface area contributed by atoms with E-state index in [2.05, 4.69) is 17.1 Å². The van der Waals surface area contributed by atoms with Gasteiger partial charge in [-0.2, -0.15) is 0 Å². The van der Waals surface area contributed by atoms with Crippen LogP contribution in [0, 0.1) is 12.8 Å². The minimum absolute atomic E-state index is 0.0901. The molecule has 2 fully saturated rings. The lowest BCUT2D eigenvalue weighted by Crippen LogP contribution is -2.54. The molecule has 0 saturated carbocycles. The monoisotopic (exact) mass is 353 g/mol. The summed E-state index contributed by atoms with van der Waals surface area (Å²) in [5.74, 6) is 0.663. The minimum Gasteiger partial charge on any atom is -0.342 e. The molecule has 1 spiro atoms. The smallest absolute Gasteiger partial charge is 0.226 e. The third kappa shape index (κ3) is 3.15. The van der Waals surface area contributed by atoms with Crippen LogP contribution in [-0.4, -0.2) is 45.2 Å². The van der Waals surface area contributed by atoms with Gasteiger partial charge in [-0.3, -0.25) is 14.6 Å². The average molecular weight is 353 g/mol. The normalized spacial score (nSPS) is 22.6. The molecule has 26 heavy (non-hydrogen) atoms. The Hall–Kier alpha value is -2.17. The van der Waals surface area contributed by atoms with Crippen LogP contribution in [0.4, 0.5) is 0 Å². The van der Waals surface area contributed by atoms with E-state index in [9.17, 15) is 9.59 Å². The number of carbonyl (C=O) groups is 2. The van der Waals surface area contributed by atoms with E-state index in [-0.39, 0.29) is 17.4 Å². The van der Waals surface area contributed by atoms with Gasteiger partial charge in [0.05, 0.1) is 12.2 Å². The first-order chi connectivity index (χ1) is 12.6. The third-order valence-corrected chi connectivity index (χ3v) is 6.31. The van der Waals surface area contributed by atoms with E-state index in [0.717, 1.165) is 56.6 Å². The number of likely N-dealkylation sites (tertiary alicyclic amines) is 2. The number of nitrogens with zero attached hydrogens (tertiary/aromatic N) is 3. The Morgan fingerprint density at radius 2 is 1.92 bits per heavy atom. The SMILES string of the molecule is Cc1cccc(CN2C(=O)CCC23CCN(C(=O)C2CC=CC2)CC3)n1. The second-order valence-corrected chi connectivity index (χ2v) is 7.94. The fourth-order valence-electron chi connectivity index (χ4n) is 4.72. The lowest BCUT2D eigenvalue weighted by Gasteiger charge is -2.45. The molecule has 0 aromatic carbocycles. The van der Waals surface area contributed by atoms with Crippen molar-refractivity contribution >= 4 is 11.8 Å². The van der Waals surface area contributed by atoms with Gasteiger partial charge >= 0.3 is 0 Å². The summed E-state index contributed by atoms with van der Waals surface area (Å²) in [5, 5.41) is 0. The maximum absolute atomic E-state index is 12.7. The molecular weight excluding hydrogens is 326 g/mol. The molecule has 0 N–H and O–H groups in total. The highest BCUT2D eigenvalue weighted by Crippen LogP contribution is 2.40. The maximum Gasteiger partial charge on any atom is 0.226 e. The number of carbonyl (C=O) groups excluding carboxylic acids is 2. The minimum atomic E-state index is -0.0901. The van der Waals surface area contributed by atoms with Gasteiger partial charge in [0.25, 0.3) is 0 Å². The quantitative estimate of drug-likeness (QED) is 0.785. The maximum atomic E-state index is 12.7. The van der Waals surface area contributed by atoms with Crippen molar-refractivity contribution in [2.75, 3.05) is 13.1 Å². The number of hydrogen-bond acceptors (Lipinski definition) is 3. The second-order valence-electron chi connectivity index (χ2n) is 7.94. The van der Waals surface area contributed by atoms with Gasteiger partial charge in [0.1, 0.15) is 0 Å². The van der Waals surface area contributed by atoms with Crippen LogP contribution < -0.4 is 0 Å². The van der Waals surface area contributed by atoms with Gasteiger partial charge in [0.2, 0.25) is 11.8 Å². The number of rotatable bonds is 3. The Balaban J connectivity index is 1.44. The molecule has 0 atom stereocenters. The first-order valence-electron chi connectivity index (χ1n) is 9.74. The summed E-state index contributed by atoms with van der Waals surface area (Å²) in [7, 11) is 0. The third-order valence-electron chi connectivity index (χ3n) is 6.31. The molecule has 0 unspecified atom stereocenters. The molecule has 1 aromatic heterocycles. The molecular formula is C21H27N3O2.